The number of benzene rings is 1. The zero-order valence-corrected chi connectivity index (χ0v) is 19.8. The van der Waals surface area contributed by atoms with Gasteiger partial charge in [0.25, 0.3) is 0 Å². The number of piperazine rings is 1. The Kier molecular flexibility index (Phi) is 10.4. The molecule has 29 heavy (non-hydrogen) atoms. The Balaban J connectivity index is 0.00000300. The van der Waals surface area contributed by atoms with Crippen molar-refractivity contribution in [2.45, 2.75) is 6.42 Å². The molecule has 3 rings (SSSR count). The van der Waals surface area contributed by atoms with Crippen molar-refractivity contribution in [1.82, 2.24) is 25.5 Å². The van der Waals surface area contributed by atoms with Gasteiger partial charge in [-0.1, -0.05) is 23.7 Å². The van der Waals surface area contributed by atoms with E-state index in [0.29, 0.717) is 0 Å². The number of aromatic nitrogens is 2. The first-order valence-electron chi connectivity index (χ1n) is 9.68. The van der Waals surface area contributed by atoms with Gasteiger partial charge in [-0.2, -0.15) is 0 Å². The maximum atomic E-state index is 5.92. The third-order valence-corrected chi connectivity index (χ3v) is 5.02. The molecular formula is C20H29ClIN7. The molecule has 7 nitrogen and oxygen atoms in total. The molecule has 2 N–H and O–H groups in total. The molecule has 0 amide bonds. The molecule has 9 heteroatoms. The van der Waals surface area contributed by atoms with Gasteiger partial charge < -0.3 is 15.5 Å². The number of nitrogens with zero attached hydrogens (tertiary/aromatic N) is 5. The van der Waals surface area contributed by atoms with Gasteiger partial charge in [-0.3, -0.25) is 9.89 Å². The van der Waals surface area contributed by atoms with E-state index in [1.165, 1.54) is 5.56 Å². The van der Waals surface area contributed by atoms with E-state index in [-0.39, 0.29) is 24.0 Å². The summed E-state index contributed by atoms with van der Waals surface area (Å²) in [6.45, 7) is 6.63. The summed E-state index contributed by atoms with van der Waals surface area (Å²) in [6, 6.07) is 9.81. The van der Waals surface area contributed by atoms with E-state index in [2.05, 4.69) is 47.5 Å². The van der Waals surface area contributed by atoms with Gasteiger partial charge in [-0.15, -0.1) is 24.0 Å². The molecule has 0 radical (unpaired) electrons. The lowest BCUT2D eigenvalue weighted by Gasteiger charge is -2.34. The number of hydrogen-bond acceptors (Lipinski definition) is 5. The normalized spacial score (nSPS) is 15.0. The second kappa shape index (κ2) is 12.8. The molecule has 0 saturated carbocycles. The minimum atomic E-state index is 0. The maximum Gasteiger partial charge on any atom is 0.225 e. The molecule has 1 saturated heterocycles. The Hall–Kier alpha value is -1.65. The fourth-order valence-electron chi connectivity index (χ4n) is 3.16. The van der Waals surface area contributed by atoms with Crippen molar-refractivity contribution in [2.75, 3.05) is 57.8 Å². The second-order valence-corrected chi connectivity index (χ2v) is 7.12. The SMILES string of the molecule is CN=C(NCCc1ccc(Cl)cc1)NCCN1CCN(c2ncccn2)CC1.I. The van der Waals surface area contributed by atoms with Crippen molar-refractivity contribution in [3.8, 4) is 0 Å². The van der Waals surface area contributed by atoms with Crippen LogP contribution < -0.4 is 15.5 Å². The summed E-state index contributed by atoms with van der Waals surface area (Å²) in [5.41, 5.74) is 1.26. The lowest BCUT2D eigenvalue weighted by atomic mass is 10.1. The number of anilines is 1. The predicted octanol–water partition coefficient (Wildman–Crippen LogP) is 2.28. The van der Waals surface area contributed by atoms with Crippen LogP contribution in [0.3, 0.4) is 0 Å². The van der Waals surface area contributed by atoms with Crippen LogP contribution in [-0.4, -0.2) is 73.7 Å². The Morgan fingerprint density at radius 2 is 1.69 bits per heavy atom. The van der Waals surface area contributed by atoms with Crippen LogP contribution >= 0.6 is 35.6 Å². The Morgan fingerprint density at radius 1 is 1.03 bits per heavy atom. The number of hydrogen-bond donors (Lipinski definition) is 2. The summed E-state index contributed by atoms with van der Waals surface area (Å²) in [5.74, 6) is 1.66. The van der Waals surface area contributed by atoms with E-state index in [1.54, 1.807) is 19.4 Å². The molecule has 0 unspecified atom stereocenters. The van der Waals surface area contributed by atoms with E-state index in [9.17, 15) is 0 Å². The fraction of sp³-hybridized carbons (Fsp3) is 0.450. The Morgan fingerprint density at radius 3 is 2.34 bits per heavy atom. The molecular weight excluding hydrogens is 501 g/mol. The summed E-state index contributed by atoms with van der Waals surface area (Å²) in [7, 11) is 1.80. The molecule has 1 fully saturated rings. The molecule has 158 valence electrons. The highest BCUT2D eigenvalue weighted by Gasteiger charge is 2.18. The highest BCUT2D eigenvalue weighted by molar-refractivity contribution is 14.0. The smallest absolute Gasteiger partial charge is 0.225 e. The monoisotopic (exact) mass is 529 g/mol. The summed E-state index contributed by atoms with van der Waals surface area (Å²) in [5, 5.41) is 7.52. The van der Waals surface area contributed by atoms with Crippen molar-refractivity contribution in [3.05, 3.63) is 53.3 Å². The van der Waals surface area contributed by atoms with Gasteiger partial charge in [-0.25, -0.2) is 9.97 Å². The molecule has 0 spiro atoms. The van der Waals surface area contributed by atoms with Crippen LogP contribution in [0, 0.1) is 0 Å². The molecule has 1 aliphatic heterocycles. The quantitative estimate of drug-likeness (QED) is 0.326. The van der Waals surface area contributed by atoms with Crippen LogP contribution in [0.5, 0.6) is 0 Å². The summed E-state index contributed by atoms with van der Waals surface area (Å²) in [6.07, 6.45) is 4.52. The summed E-state index contributed by atoms with van der Waals surface area (Å²) < 4.78 is 0. The average Bonchev–Trinajstić information content (AvgIpc) is 2.75. The molecule has 2 heterocycles. The molecule has 1 aromatic heterocycles. The minimum absolute atomic E-state index is 0. The van der Waals surface area contributed by atoms with Crippen LogP contribution in [0.2, 0.25) is 5.02 Å². The minimum Gasteiger partial charge on any atom is -0.356 e. The Bertz CT molecular complexity index is 734. The maximum absolute atomic E-state index is 5.92. The number of guanidine groups is 1. The van der Waals surface area contributed by atoms with Crippen LogP contribution in [0.15, 0.2) is 47.7 Å². The number of halogens is 2. The van der Waals surface area contributed by atoms with Gasteiger partial charge in [0.05, 0.1) is 0 Å². The average molecular weight is 530 g/mol. The van der Waals surface area contributed by atoms with Gasteiger partial charge in [-0.05, 0) is 30.2 Å². The highest BCUT2D eigenvalue weighted by Crippen LogP contribution is 2.10. The van der Waals surface area contributed by atoms with E-state index in [1.807, 2.05) is 18.2 Å². The van der Waals surface area contributed by atoms with Gasteiger partial charge in [0.1, 0.15) is 0 Å². The fourth-order valence-corrected chi connectivity index (χ4v) is 3.28. The zero-order valence-electron chi connectivity index (χ0n) is 16.7. The van der Waals surface area contributed by atoms with Crippen molar-refractivity contribution in [2.24, 2.45) is 4.99 Å². The largest absolute Gasteiger partial charge is 0.356 e. The number of aliphatic imine (C=N–C) groups is 1. The van der Waals surface area contributed by atoms with Gasteiger partial charge >= 0.3 is 0 Å². The highest BCUT2D eigenvalue weighted by atomic mass is 127. The van der Waals surface area contributed by atoms with Crippen molar-refractivity contribution >= 4 is 47.5 Å². The van der Waals surface area contributed by atoms with Crippen molar-refractivity contribution < 1.29 is 0 Å². The van der Waals surface area contributed by atoms with Gasteiger partial charge in [0.2, 0.25) is 5.95 Å². The second-order valence-electron chi connectivity index (χ2n) is 6.68. The standard InChI is InChI=1S/C20H28ClN7.HI/c1-22-19(23-10-7-17-3-5-18(21)6-4-17)24-11-12-27-13-15-28(16-14-27)20-25-8-2-9-26-20;/h2-6,8-9H,7,10-16H2,1H3,(H2,22,23,24);1H. The zero-order chi connectivity index (χ0) is 19.6. The van der Waals surface area contributed by atoms with E-state index < -0.39 is 0 Å². The van der Waals surface area contributed by atoms with Crippen molar-refractivity contribution in [3.63, 3.8) is 0 Å². The van der Waals surface area contributed by atoms with Crippen LogP contribution in [-0.2, 0) is 6.42 Å². The van der Waals surface area contributed by atoms with Crippen molar-refractivity contribution in [1.29, 1.82) is 0 Å². The van der Waals surface area contributed by atoms with Crippen LogP contribution in [0.25, 0.3) is 0 Å². The molecule has 0 bridgehead atoms. The molecule has 1 aliphatic rings. The molecule has 2 aromatic rings. The number of rotatable bonds is 7. The van der Waals surface area contributed by atoms with Gasteiger partial charge in [0.15, 0.2) is 5.96 Å². The predicted molar refractivity (Wildman–Crippen MR) is 131 cm³/mol. The first-order chi connectivity index (χ1) is 13.7. The third kappa shape index (κ3) is 7.94. The molecule has 1 aromatic carbocycles. The summed E-state index contributed by atoms with van der Waals surface area (Å²) >= 11 is 5.92. The number of nitrogens with one attached hydrogen (secondary N) is 2. The first kappa shape index (κ1) is 23.6. The topological polar surface area (TPSA) is 68.7 Å². The van der Waals surface area contributed by atoms with E-state index in [0.717, 1.165) is 69.2 Å². The van der Waals surface area contributed by atoms with E-state index >= 15 is 0 Å². The third-order valence-electron chi connectivity index (χ3n) is 4.77. The first-order valence-corrected chi connectivity index (χ1v) is 10.1. The summed E-state index contributed by atoms with van der Waals surface area (Å²) in [4.78, 5) is 17.7. The molecule has 0 atom stereocenters. The van der Waals surface area contributed by atoms with Crippen LogP contribution in [0.1, 0.15) is 5.56 Å². The molecule has 0 aliphatic carbocycles. The van der Waals surface area contributed by atoms with E-state index in [4.69, 9.17) is 11.6 Å². The Labute approximate surface area is 195 Å². The lowest BCUT2D eigenvalue weighted by molar-refractivity contribution is 0.260. The lowest BCUT2D eigenvalue weighted by Crippen LogP contribution is -2.49. The van der Waals surface area contributed by atoms with Gasteiger partial charge in [0, 0.05) is 70.3 Å². The van der Waals surface area contributed by atoms with Crippen LogP contribution in [0.4, 0.5) is 5.95 Å².